The molecule has 0 bridgehead atoms. The summed E-state index contributed by atoms with van der Waals surface area (Å²) in [4.78, 5) is 28.3. The summed E-state index contributed by atoms with van der Waals surface area (Å²) < 4.78 is 7.09. The van der Waals surface area contributed by atoms with Gasteiger partial charge in [-0.25, -0.2) is 0 Å². The van der Waals surface area contributed by atoms with Gasteiger partial charge in [-0.15, -0.1) is 0 Å². The Hall–Kier alpha value is -2.57. The molecule has 1 aliphatic heterocycles. The number of furan rings is 1. The SMILES string of the molecule is CCCN1C(=O)c2cc(-c3ccco3)nn2CC1(C)C(=O)NC1CCCCC1. The number of amides is 2. The Morgan fingerprint density at radius 1 is 1.36 bits per heavy atom. The number of hydrogen-bond acceptors (Lipinski definition) is 4. The van der Waals surface area contributed by atoms with E-state index in [0.717, 1.165) is 32.1 Å². The van der Waals surface area contributed by atoms with Gasteiger partial charge in [0.2, 0.25) is 5.91 Å². The summed E-state index contributed by atoms with van der Waals surface area (Å²) in [5, 5.41) is 7.77. The molecule has 2 amide bonds. The van der Waals surface area contributed by atoms with Gasteiger partial charge in [-0.1, -0.05) is 26.2 Å². The van der Waals surface area contributed by atoms with E-state index in [1.165, 1.54) is 6.42 Å². The van der Waals surface area contributed by atoms with Crippen LogP contribution >= 0.6 is 0 Å². The first-order valence-corrected chi connectivity index (χ1v) is 10.3. The molecule has 4 rings (SSSR count). The lowest BCUT2D eigenvalue weighted by molar-refractivity contribution is -0.134. The lowest BCUT2D eigenvalue weighted by Gasteiger charge is -2.44. The minimum Gasteiger partial charge on any atom is -0.463 e. The summed E-state index contributed by atoms with van der Waals surface area (Å²) in [5.41, 5.74) is 0.161. The molecule has 2 aromatic heterocycles. The highest BCUT2D eigenvalue weighted by Crippen LogP contribution is 2.31. The Labute approximate surface area is 165 Å². The van der Waals surface area contributed by atoms with E-state index in [0.29, 0.717) is 30.2 Å². The molecule has 1 fully saturated rings. The zero-order valence-corrected chi connectivity index (χ0v) is 16.6. The van der Waals surface area contributed by atoms with Crippen molar-refractivity contribution in [3.8, 4) is 11.5 Å². The lowest BCUT2D eigenvalue weighted by atomic mass is 9.91. The van der Waals surface area contributed by atoms with Crippen LogP contribution in [-0.4, -0.2) is 44.6 Å². The average molecular weight is 384 g/mol. The molecule has 2 aliphatic rings. The summed E-state index contributed by atoms with van der Waals surface area (Å²) >= 11 is 0. The van der Waals surface area contributed by atoms with Crippen LogP contribution in [0.2, 0.25) is 0 Å². The van der Waals surface area contributed by atoms with Gasteiger partial charge in [0.25, 0.3) is 5.91 Å². The number of rotatable bonds is 5. The topological polar surface area (TPSA) is 80.4 Å². The van der Waals surface area contributed by atoms with E-state index in [1.807, 2.05) is 19.9 Å². The Morgan fingerprint density at radius 3 is 2.82 bits per heavy atom. The van der Waals surface area contributed by atoms with Crippen molar-refractivity contribution in [1.82, 2.24) is 20.0 Å². The van der Waals surface area contributed by atoms with Crippen LogP contribution in [0.15, 0.2) is 28.9 Å². The zero-order chi connectivity index (χ0) is 19.7. The molecule has 0 radical (unpaired) electrons. The second-order valence-electron chi connectivity index (χ2n) is 8.09. The van der Waals surface area contributed by atoms with E-state index in [2.05, 4.69) is 10.4 Å². The quantitative estimate of drug-likeness (QED) is 0.858. The van der Waals surface area contributed by atoms with E-state index < -0.39 is 5.54 Å². The van der Waals surface area contributed by atoms with E-state index in [9.17, 15) is 9.59 Å². The largest absolute Gasteiger partial charge is 0.463 e. The highest BCUT2D eigenvalue weighted by atomic mass is 16.3. The highest BCUT2D eigenvalue weighted by molar-refractivity contribution is 6.00. The van der Waals surface area contributed by atoms with E-state index >= 15 is 0 Å². The standard InChI is InChI=1S/C21H28N4O3/c1-3-11-24-19(26)17-13-16(18-10-7-12-28-18)23-25(17)14-21(24,2)20(27)22-15-8-5-4-6-9-15/h7,10,12-13,15H,3-6,8-9,11,14H2,1-2H3,(H,22,27). The molecule has 1 unspecified atom stereocenters. The number of carbonyl (C=O) groups is 2. The van der Waals surface area contributed by atoms with Crippen molar-refractivity contribution in [3.63, 3.8) is 0 Å². The van der Waals surface area contributed by atoms with Crippen LogP contribution < -0.4 is 5.32 Å². The van der Waals surface area contributed by atoms with Crippen LogP contribution in [-0.2, 0) is 11.3 Å². The second kappa shape index (κ2) is 7.45. The molecule has 3 heterocycles. The van der Waals surface area contributed by atoms with E-state index in [-0.39, 0.29) is 17.9 Å². The van der Waals surface area contributed by atoms with Crippen molar-refractivity contribution < 1.29 is 14.0 Å². The van der Waals surface area contributed by atoms with Gasteiger partial charge in [0.05, 0.1) is 12.8 Å². The molecule has 0 saturated heterocycles. The van der Waals surface area contributed by atoms with Crippen LogP contribution in [0.25, 0.3) is 11.5 Å². The molecule has 0 spiro atoms. The first kappa shape index (κ1) is 18.8. The molecule has 0 aromatic carbocycles. The monoisotopic (exact) mass is 384 g/mol. The van der Waals surface area contributed by atoms with Gasteiger partial charge in [0.15, 0.2) is 5.76 Å². The maximum absolute atomic E-state index is 13.3. The average Bonchev–Trinajstić information content (AvgIpc) is 3.35. The van der Waals surface area contributed by atoms with Crippen LogP contribution in [0.1, 0.15) is 62.9 Å². The zero-order valence-electron chi connectivity index (χ0n) is 16.6. The lowest BCUT2D eigenvalue weighted by Crippen LogP contribution is -2.65. The maximum Gasteiger partial charge on any atom is 0.273 e. The third-order valence-corrected chi connectivity index (χ3v) is 5.95. The predicted molar refractivity (Wildman–Crippen MR) is 105 cm³/mol. The van der Waals surface area contributed by atoms with Crippen LogP contribution in [0.3, 0.4) is 0 Å². The fourth-order valence-corrected chi connectivity index (χ4v) is 4.35. The molecular weight excluding hydrogens is 356 g/mol. The van der Waals surface area contributed by atoms with E-state index in [4.69, 9.17) is 4.42 Å². The molecule has 28 heavy (non-hydrogen) atoms. The third kappa shape index (κ3) is 3.23. The van der Waals surface area contributed by atoms with E-state index in [1.54, 1.807) is 28.0 Å². The van der Waals surface area contributed by atoms with Gasteiger partial charge >= 0.3 is 0 Å². The molecule has 1 aliphatic carbocycles. The summed E-state index contributed by atoms with van der Waals surface area (Å²) in [5.74, 6) is 0.381. The van der Waals surface area contributed by atoms with Crippen molar-refractivity contribution in [2.45, 2.75) is 70.5 Å². The van der Waals surface area contributed by atoms with Crippen LogP contribution in [0.5, 0.6) is 0 Å². The molecule has 1 atom stereocenters. The summed E-state index contributed by atoms with van der Waals surface area (Å²) in [6.07, 6.45) is 7.93. The molecule has 7 heteroatoms. The molecular formula is C21H28N4O3. The smallest absolute Gasteiger partial charge is 0.273 e. The van der Waals surface area contributed by atoms with Crippen molar-refractivity contribution in [3.05, 3.63) is 30.2 Å². The van der Waals surface area contributed by atoms with Gasteiger partial charge in [0, 0.05) is 18.7 Å². The first-order valence-electron chi connectivity index (χ1n) is 10.3. The van der Waals surface area contributed by atoms with Gasteiger partial charge in [-0.2, -0.15) is 5.10 Å². The molecule has 1 saturated carbocycles. The number of hydrogen-bond donors (Lipinski definition) is 1. The molecule has 7 nitrogen and oxygen atoms in total. The number of aromatic nitrogens is 2. The number of fused-ring (bicyclic) bond motifs is 1. The third-order valence-electron chi connectivity index (χ3n) is 5.95. The van der Waals surface area contributed by atoms with Crippen molar-refractivity contribution in [2.24, 2.45) is 0 Å². The van der Waals surface area contributed by atoms with Crippen LogP contribution in [0, 0.1) is 0 Å². The highest BCUT2D eigenvalue weighted by Gasteiger charge is 2.48. The Morgan fingerprint density at radius 2 is 2.14 bits per heavy atom. The predicted octanol–water partition coefficient (Wildman–Crippen LogP) is 3.22. The molecule has 1 N–H and O–H groups in total. The normalized spacial score (nSPS) is 22.9. The number of nitrogens with zero attached hydrogens (tertiary/aromatic N) is 3. The Balaban J connectivity index is 1.64. The maximum atomic E-state index is 13.3. The first-order chi connectivity index (χ1) is 13.5. The summed E-state index contributed by atoms with van der Waals surface area (Å²) in [6, 6.07) is 5.56. The van der Waals surface area contributed by atoms with Crippen molar-refractivity contribution >= 4 is 11.8 Å². The Bertz CT molecular complexity index is 851. The fourth-order valence-electron chi connectivity index (χ4n) is 4.35. The van der Waals surface area contributed by atoms with Gasteiger partial charge in [0.1, 0.15) is 16.9 Å². The minimum atomic E-state index is -0.954. The molecule has 150 valence electrons. The minimum absolute atomic E-state index is 0.0816. The summed E-state index contributed by atoms with van der Waals surface area (Å²) in [6.45, 7) is 4.75. The molecule has 2 aromatic rings. The van der Waals surface area contributed by atoms with Crippen molar-refractivity contribution in [2.75, 3.05) is 6.54 Å². The number of nitrogens with one attached hydrogen (secondary N) is 1. The Kier molecular flexibility index (Phi) is 5.00. The van der Waals surface area contributed by atoms with Gasteiger partial charge < -0.3 is 14.6 Å². The fraction of sp³-hybridized carbons (Fsp3) is 0.571. The van der Waals surface area contributed by atoms with Crippen LogP contribution in [0.4, 0.5) is 0 Å². The van der Waals surface area contributed by atoms with Gasteiger partial charge in [-0.3, -0.25) is 14.3 Å². The second-order valence-corrected chi connectivity index (χ2v) is 8.09. The number of carbonyl (C=O) groups excluding carboxylic acids is 2. The van der Waals surface area contributed by atoms with Crippen molar-refractivity contribution in [1.29, 1.82) is 0 Å². The summed E-state index contributed by atoms with van der Waals surface area (Å²) in [7, 11) is 0. The van der Waals surface area contributed by atoms with Gasteiger partial charge in [-0.05, 0) is 38.3 Å².